The predicted octanol–water partition coefficient (Wildman–Crippen LogP) is 4.37. The molecule has 0 saturated heterocycles. The molecule has 0 unspecified atom stereocenters. The number of rotatable bonds is 5. The average Bonchev–Trinajstić information content (AvgIpc) is 2.98. The molecule has 0 saturated carbocycles. The van der Waals surface area contributed by atoms with Crippen molar-refractivity contribution in [3.05, 3.63) is 59.2 Å². The van der Waals surface area contributed by atoms with E-state index >= 15 is 0 Å². The highest BCUT2D eigenvalue weighted by molar-refractivity contribution is 7.92. The van der Waals surface area contributed by atoms with Crippen molar-refractivity contribution in [3.63, 3.8) is 0 Å². The van der Waals surface area contributed by atoms with Crippen LogP contribution in [0.25, 0.3) is 11.3 Å². The highest BCUT2D eigenvalue weighted by Crippen LogP contribution is 2.29. The van der Waals surface area contributed by atoms with Crippen LogP contribution < -0.4 is 10.0 Å². The molecule has 3 rings (SSSR count). The van der Waals surface area contributed by atoms with E-state index in [0.717, 1.165) is 28.8 Å². The number of aromatic nitrogens is 1. The molecule has 0 aliphatic rings. The Hall–Kier alpha value is -2.45. The minimum atomic E-state index is -3.29. The summed E-state index contributed by atoms with van der Waals surface area (Å²) < 4.78 is 38.0. The Balaban J connectivity index is 1.77. The van der Waals surface area contributed by atoms with Crippen molar-refractivity contribution in [1.82, 2.24) is 4.98 Å². The molecule has 0 atom stereocenters. The van der Waals surface area contributed by atoms with Gasteiger partial charge in [0.05, 0.1) is 11.9 Å². The van der Waals surface area contributed by atoms with Crippen molar-refractivity contribution < 1.29 is 12.8 Å². The van der Waals surface area contributed by atoms with Gasteiger partial charge in [-0.25, -0.2) is 17.8 Å². The highest BCUT2D eigenvalue weighted by atomic mass is 32.2. The smallest absolute Gasteiger partial charge is 0.229 e. The fourth-order valence-electron chi connectivity index (χ4n) is 2.27. The Bertz CT molecular complexity index is 999. The molecule has 0 bridgehead atoms. The number of nitrogens with zero attached hydrogens (tertiary/aromatic N) is 1. The first kappa shape index (κ1) is 17.4. The van der Waals surface area contributed by atoms with Gasteiger partial charge in [0, 0.05) is 22.3 Å². The average molecular weight is 377 g/mol. The van der Waals surface area contributed by atoms with Crippen molar-refractivity contribution in [1.29, 1.82) is 0 Å². The van der Waals surface area contributed by atoms with E-state index in [1.165, 1.54) is 23.5 Å². The summed E-state index contributed by atoms with van der Waals surface area (Å²) in [5.74, 6) is -0.273. The van der Waals surface area contributed by atoms with Crippen molar-refractivity contribution >= 4 is 37.9 Å². The Morgan fingerprint density at radius 1 is 1.12 bits per heavy atom. The minimum Gasteiger partial charge on any atom is -0.331 e. The van der Waals surface area contributed by atoms with Crippen LogP contribution in [-0.2, 0) is 10.0 Å². The number of thiazole rings is 1. The lowest BCUT2D eigenvalue weighted by Gasteiger charge is -2.06. The number of hydrogen-bond donors (Lipinski definition) is 2. The summed E-state index contributed by atoms with van der Waals surface area (Å²) in [5.41, 5.74) is 3.75. The van der Waals surface area contributed by atoms with E-state index < -0.39 is 10.0 Å². The van der Waals surface area contributed by atoms with Gasteiger partial charge in [0.25, 0.3) is 0 Å². The van der Waals surface area contributed by atoms with Gasteiger partial charge in [-0.1, -0.05) is 12.1 Å². The third-order valence-corrected chi connectivity index (χ3v) is 4.78. The normalized spacial score (nSPS) is 11.3. The molecule has 2 aromatic carbocycles. The monoisotopic (exact) mass is 377 g/mol. The number of benzene rings is 2. The summed E-state index contributed by atoms with van der Waals surface area (Å²) in [5, 5.41) is 5.78. The van der Waals surface area contributed by atoms with E-state index in [-0.39, 0.29) is 5.82 Å². The van der Waals surface area contributed by atoms with E-state index in [0.29, 0.717) is 10.8 Å². The van der Waals surface area contributed by atoms with Gasteiger partial charge < -0.3 is 5.32 Å². The van der Waals surface area contributed by atoms with Crippen LogP contribution in [0.15, 0.2) is 47.8 Å². The number of halogens is 1. The van der Waals surface area contributed by atoms with Gasteiger partial charge >= 0.3 is 0 Å². The van der Waals surface area contributed by atoms with Gasteiger partial charge in [0.1, 0.15) is 5.82 Å². The summed E-state index contributed by atoms with van der Waals surface area (Å²) in [4.78, 5) is 4.52. The number of anilines is 3. The second-order valence-corrected chi connectivity index (χ2v) is 8.18. The zero-order valence-electron chi connectivity index (χ0n) is 13.6. The van der Waals surface area contributed by atoms with Gasteiger partial charge in [0.15, 0.2) is 5.13 Å². The third-order valence-electron chi connectivity index (χ3n) is 3.42. The molecule has 25 heavy (non-hydrogen) atoms. The molecule has 3 aromatic rings. The van der Waals surface area contributed by atoms with Gasteiger partial charge in [-0.3, -0.25) is 4.72 Å². The largest absolute Gasteiger partial charge is 0.331 e. The lowest BCUT2D eigenvalue weighted by Crippen LogP contribution is -2.09. The molecule has 0 radical (unpaired) electrons. The molecule has 0 fully saturated rings. The topological polar surface area (TPSA) is 71.1 Å². The maximum absolute atomic E-state index is 13.2. The van der Waals surface area contributed by atoms with Crippen LogP contribution in [0.3, 0.4) is 0 Å². The minimum absolute atomic E-state index is 0.273. The SMILES string of the molecule is Cc1cc(F)ccc1Nc1nc(-c2ccc(NS(C)(=O)=O)cc2)cs1. The van der Waals surface area contributed by atoms with Crippen molar-refractivity contribution in [2.45, 2.75) is 6.92 Å². The van der Waals surface area contributed by atoms with Gasteiger partial charge in [-0.2, -0.15) is 0 Å². The van der Waals surface area contributed by atoms with Gasteiger partial charge in [-0.05, 0) is 42.8 Å². The van der Waals surface area contributed by atoms with Crippen molar-refractivity contribution in [2.75, 3.05) is 16.3 Å². The first-order valence-electron chi connectivity index (χ1n) is 7.37. The summed E-state index contributed by atoms with van der Waals surface area (Å²) in [6.45, 7) is 1.83. The van der Waals surface area contributed by atoms with Crippen molar-refractivity contribution in [3.8, 4) is 11.3 Å². The molecule has 0 spiro atoms. The number of hydrogen-bond acceptors (Lipinski definition) is 5. The molecule has 5 nitrogen and oxygen atoms in total. The molecule has 1 heterocycles. The Kier molecular flexibility index (Phi) is 4.73. The molecule has 2 N–H and O–H groups in total. The maximum Gasteiger partial charge on any atom is 0.229 e. The first-order valence-corrected chi connectivity index (χ1v) is 10.1. The molecule has 1 aromatic heterocycles. The third kappa shape index (κ3) is 4.55. The van der Waals surface area contributed by atoms with Gasteiger partial charge in [-0.15, -0.1) is 11.3 Å². The van der Waals surface area contributed by atoms with E-state index in [9.17, 15) is 12.8 Å². The number of aryl methyl sites for hydroxylation is 1. The van der Waals surface area contributed by atoms with E-state index in [4.69, 9.17) is 0 Å². The van der Waals surface area contributed by atoms with Crippen LogP contribution in [0.5, 0.6) is 0 Å². The molecule has 0 amide bonds. The van der Waals surface area contributed by atoms with Crippen LogP contribution in [0, 0.1) is 12.7 Å². The zero-order valence-corrected chi connectivity index (χ0v) is 15.2. The Labute approximate surface area is 149 Å². The van der Waals surface area contributed by atoms with Crippen LogP contribution >= 0.6 is 11.3 Å². The molecule has 8 heteroatoms. The van der Waals surface area contributed by atoms with Crippen LogP contribution in [0.1, 0.15) is 5.56 Å². The predicted molar refractivity (Wildman–Crippen MR) is 100 cm³/mol. The van der Waals surface area contributed by atoms with Crippen LogP contribution in [0.2, 0.25) is 0 Å². The van der Waals surface area contributed by atoms with E-state index in [1.54, 1.807) is 30.3 Å². The standard InChI is InChI=1S/C17H16FN3O2S2/c1-11-9-13(18)5-8-15(11)19-17-20-16(10-24-17)12-3-6-14(7-4-12)21-25(2,22)23/h3-10,21H,1-2H3,(H,19,20). The highest BCUT2D eigenvalue weighted by Gasteiger charge is 2.08. The lowest BCUT2D eigenvalue weighted by molar-refractivity contribution is 0.607. The van der Waals surface area contributed by atoms with E-state index in [1.807, 2.05) is 12.3 Å². The maximum atomic E-state index is 13.2. The second kappa shape index (κ2) is 6.81. The van der Waals surface area contributed by atoms with Crippen LogP contribution in [0.4, 0.5) is 20.9 Å². The van der Waals surface area contributed by atoms with E-state index in [2.05, 4.69) is 15.0 Å². The molecule has 0 aliphatic carbocycles. The summed E-state index contributed by atoms with van der Waals surface area (Å²) in [6, 6.07) is 11.5. The Morgan fingerprint density at radius 2 is 1.84 bits per heavy atom. The molecule has 0 aliphatic heterocycles. The first-order chi connectivity index (χ1) is 11.8. The fourth-order valence-corrected chi connectivity index (χ4v) is 3.57. The summed E-state index contributed by atoms with van der Waals surface area (Å²) in [7, 11) is -3.29. The van der Waals surface area contributed by atoms with Gasteiger partial charge in [0.2, 0.25) is 10.0 Å². The fraction of sp³-hybridized carbons (Fsp3) is 0.118. The number of sulfonamides is 1. The van der Waals surface area contributed by atoms with Crippen LogP contribution in [-0.4, -0.2) is 19.7 Å². The number of nitrogens with one attached hydrogen (secondary N) is 2. The molecular weight excluding hydrogens is 361 g/mol. The molecule has 130 valence electrons. The molecular formula is C17H16FN3O2S2. The Morgan fingerprint density at radius 3 is 2.48 bits per heavy atom. The quantitative estimate of drug-likeness (QED) is 0.692. The summed E-state index contributed by atoms with van der Waals surface area (Å²) >= 11 is 1.44. The second-order valence-electron chi connectivity index (χ2n) is 5.57. The summed E-state index contributed by atoms with van der Waals surface area (Å²) in [6.07, 6.45) is 1.11. The van der Waals surface area contributed by atoms with Crippen molar-refractivity contribution in [2.24, 2.45) is 0 Å². The zero-order chi connectivity index (χ0) is 18.0. The lowest BCUT2D eigenvalue weighted by atomic mass is 10.1.